The number of rotatable bonds is 3. The van der Waals surface area contributed by atoms with Crippen LogP contribution < -0.4 is 4.90 Å². The van der Waals surface area contributed by atoms with Crippen LogP contribution in [0.25, 0.3) is 17.0 Å². The highest BCUT2D eigenvalue weighted by Gasteiger charge is 2.36. The van der Waals surface area contributed by atoms with Crippen molar-refractivity contribution in [2.45, 2.75) is 26.9 Å². The first-order chi connectivity index (χ1) is 15.0. The second kappa shape index (κ2) is 7.78. The van der Waals surface area contributed by atoms with E-state index in [-0.39, 0.29) is 5.56 Å². The Bertz CT molecular complexity index is 1340. The van der Waals surface area contributed by atoms with Crippen molar-refractivity contribution in [2.75, 3.05) is 11.9 Å². The van der Waals surface area contributed by atoms with E-state index >= 15 is 0 Å². The highest BCUT2D eigenvalue weighted by Crippen LogP contribution is 2.34. The van der Waals surface area contributed by atoms with Gasteiger partial charge in [0.25, 0.3) is 5.91 Å². The van der Waals surface area contributed by atoms with Crippen molar-refractivity contribution in [3.63, 3.8) is 0 Å². The van der Waals surface area contributed by atoms with Crippen LogP contribution in [0, 0.1) is 20.8 Å². The Labute approximate surface area is 183 Å². The van der Waals surface area contributed by atoms with Gasteiger partial charge in [0.1, 0.15) is 0 Å². The Kier molecular flexibility index (Phi) is 5.24. The smallest absolute Gasteiger partial charge is 0.311 e. The summed E-state index contributed by atoms with van der Waals surface area (Å²) in [5, 5.41) is 0. The van der Waals surface area contributed by atoms with E-state index in [0.29, 0.717) is 22.7 Å². The second-order valence-corrected chi connectivity index (χ2v) is 7.88. The van der Waals surface area contributed by atoms with Crippen molar-refractivity contribution in [3.8, 4) is 11.3 Å². The van der Waals surface area contributed by atoms with Gasteiger partial charge in [0.2, 0.25) is 5.78 Å². The Morgan fingerprint density at radius 2 is 1.75 bits per heavy atom. The molecule has 4 rings (SSSR count). The fourth-order valence-electron chi connectivity index (χ4n) is 3.62. The molecule has 164 valence electrons. The summed E-state index contributed by atoms with van der Waals surface area (Å²) in [6, 6.07) is 9.16. The second-order valence-electron chi connectivity index (χ2n) is 7.88. The zero-order chi connectivity index (χ0) is 23.2. The Hall–Kier alpha value is -3.68. The van der Waals surface area contributed by atoms with Crippen molar-refractivity contribution >= 4 is 17.4 Å². The number of nitrogens with zero attached hydrogens (tertiary/aromatic N) is 4. The van der Waals surface area contributed by atoms with E-state index in [4.69, 9.17) is 0 Å². The van der Waals surface area contributed by atoms with E-state index < -0.39 is 17.6 Å². The molecule has 0 radical (unpaired) electrons. The van der Waals surface area contributed by atoms with E-state index in [0.717, 1.165) is 22.8 Å². The molecular formula is C24H21F3N4O. The standard InChI is InChI=1S/C24H21F3N4O/c1-14-5-8-18(19(9-14)24(25,26)27)22(32)30(4)21-10-17(7-6-16(21)3)20-13-31-12-15(2)11-28-23(31)29-20/h5-13H,1-4H3. The van der Waals surface area contributed by atoms with E-state index in [2.05, 4.69) is 9.97 Å². The predicted molar refractivity (Wildman–Crippen MR) is 117 cm³/mol. The topological polar surface area (TPSA) is 50.5 Å². The molecule has 0 saturated carbocycles. The van der Waals surface area contributed by atoms with Gasteiger partial charge in [0.15, 0.2) is 0 Å². The first-order valence-corrected chi connectivity index (χ1v) is 9.93. The maximum absolute atomic E-state index is 13.6. The molecule has 0 fully saturated rings. The summed E-state index contributed by atoms with van der Waals surface area (Å²) in [6.07, 6.45) is 0.822. The molecule has 0 aliphatic carbocycles. The summed E-state index contributed by atoms with van der Waals surface area (Å²) in [5.41, 5.74) is 2.73. The number of hydrogen-bond donors (Lipinski definition) is 0. The molecule has 32 heavy (non-hydrogen) atoms. The molecule has 0 N–H and O–H groups in total. The molecule has 0 bridgehead atoms. The van der Waals surface area contributed by atoms with Crippen LogP contribution >= 0.6 is 0 Å². The van der Waals surface area contributed by atoms with E-state index in [1.165, 1.54) is 24.1 Å². The van der Waals surface area contributed by atoms with Crippen LogP contribution in [-0.4, -0.2) is 27.3 Å². The minimum absolute atomic E-state index is 0.386. The van der Waals surface area contributed by atoms with Crippen LogP contribution in [0.2, 0.25) is 0 Å². The largest absolute Gasteiger partial charge is 0.417 e. The van der Waals surface area contributed by atoms with Gasteiger partial charge in [0, 0.05) is 36.9 Å². The molecule has 0 atom stereocenters. The lowest BCUT2D eigenvalue weighted by atomic mass is 10.0. The molecule has 0 saturated heterocycles. The van der Waals surface area contributed by atoms with Crippen molar-refractivity contribution in [3.05, 3.63) is 82.8 Å². The lowest BCUT2D eigenvalue weighted by molar-refractivity contribution is -0.137. The number of carbonyl (C=O) groups is 1. The third-order valence-corrected chi connectivity index (χ3v) is 5.32. The number of imidazole rings is 1. The van der Waals surface area contributed by atoms with Crippen molar-refractivity contribution in [2.24, 2.45) is 0 Å². The fourth-order valence-corrected chi connectivity index (χ4v) is 3.62. The maximum atomic E-state index is 13.6. The molecule has 8 heteroatoms. The van der Waals surface area contributed by atoms with Crippen LogP contribution in [0.15, 0.2) is 55.0 Å². The van der Waals surface area contributed by atoms with E-state index in [1.807, 2.05) is 31.5 Å². The van der Waals surface area contributed by atoms with Crippen LogP contribution in [-0.2, 0) is 6.18 Å². The SMILES string of the molecule is Cc1ccc(C(=O)N(C)c2cc(-c3cn4cc(C)cnc4n3)ccc2C)c(C(F)(F)F)c1. The number of hydrogen-bond acceptors (Lipinski definition) is 3. The van der Waals surface area contributed by atoms with Crippen LogP contribution in [0.1, 0.15) is 32.6 Å². The summed E-state index contributed by atoms with van der Waals surface area (Å²) < 4.78 is 42.5. The average Bonchev–Trinajstić information content (AvgIpc) is 3.15. The minimum atomic E-state index is -4.63. The van der Waals surface area contributed by atoms with Gasteiger partial charge < -0.3 is 4.90 Å². The predicted octanol–water partition coefficient (Wildman–Crippen LogP) is 5.62. The Balaban J connectivity index is 1.75. The fraction of sp³-hybridized carbons (Fsp3) is 0.208. The Morgan fingerprint density at radius 3 is 2.47 bits per heavy atom. The van der Waals surface area contributed by atoms with Crippen LogP contribution in [0.3, 0.4) is 0 Å². The molecule has 4 aromatic rings. The average molecular weight is 438 g/mol. The first-order valence-electron chi connectivity index (χ1n) is 9.93. The third kappa shape index (κ3) is 3.95. The molecule has 0 aliphatic heterocycles. The van der Waals surface area contributed by atoms with E-state index in [9.17, 15) is 18.0 Å². The monoisotopic (exact) mass is 438 g/mol. The molecule has 0 aliphatic rings. The normalized spacial score (nSPS) is 11.7. The summed E-state index contributed by atoms with van der Waals surface area (Å²) in [6.45, 7) is 5.29. The number of amides is 1. The van der Waals surface area contributed by atoms with Gasteiger partial charge in [0.05, 0.1) is 16.8 Å². The minimum Gasteiger partial charge on any atom is -0.311 e. The van der Waals surface area contributed by atoms with Crippen molar-refractivity contribution in [1.29, 1.82) is 0 Å². The quantitative estimate of drug-likeness (QED) is 0.417. The lowest BCUT2D eigenvalue weighted by Gasteiger charge is -2.22. The molecule has 1 amide bonds. The molecule has 2 aromatic heterocycles. The number of benzene rings is 2. The van der Waals surface area contributed by atoms with Gasteiger partial charge in [-0.25, -0.2) is 9.97 Å². The molecular weight excluding hydrogens is 417 g/mol. The molecule has 2 aromatic carbocycles. The highest BCUT2D eigenvalue weighted by atomic mass is 19.4. The highest BCUT2D eigenvalue weighted by molar-refractivity contribution is 6.07. The van der Waals surface area contributed by atoms with Gasteiger partial charge >= 0.3 is 6.18 Å². The van der Waals surface area contributed by atoms with E-state index in [1.54, 1.807) is 30.5 Å². The van der Waals surface area contributed by atoms with Crippen molar-refractivity contribution in [1.82, 2.24) is 14.4 Å². The molecule has 2 heterocycles. The number of aryl methyl sites for hydroxylation is 3. The number of carbonyl (C=O) groups excluding carboxylic acids is 1. The van der Waals surface area contributed by atoms with Gasteiger partial charge in [-0.1, -0.05) is 23.8 Å². The number of anilines is 1. The van der Waals surface area contributed by atoms with Crippen LogP contribution in [0.5, 0.6) is 0 Å². The molecule has 0 unspecified atom stereocenters. The third-order valence-electron chi connectivity index (χ3n) is 5.32. The zero-order valence-electron chi connectivity index (χ0n) is 18.0. The number of fused-ring (bicyclic) bond motifs is 1. The van der Waals surface area contributed by atoms with Gasteiger partial charge in [-0.15, -0.1) is 0 Å². The van der Waals surface area contributed by atoms with Gasteiger partial charge in [-0.05, 0) is 50.1 Å². The molecule has 0 spiro atoms. The van der Waals surface area contributed by atoms with Crippen LogP contribution in [0.4, 0.5) is 18.9 Å². The summed E-state index contributed by atoms with van der Waals surface area (Å²) in [7, 11) is 1.48. The van der Waals surface area contributed by atoms with Gasteiger partial charge in [-0.2, -0.15) is 13.2 Å². The Morgan fingerprint density at radius 1 is 1.00 bits per heavy atom. The summed E-state index contributed by atoms with van der Waals surface area (Å²) in [4.78, 5) is 23.1. The summed E-state index contributed by atoms with van der Waals surface area (Å²) in [5.74, 6) is -0.198. The molecule has 5 nitrogen and oxygen atoms in total. The lowest BCUT2D eigenvalue weighted by Crippen LogP contribution is -2.29. The van der Waals surface area contributed by atoms with Crippen molar-refractivity contribution < 1.29 is 18.0 Å². The number of halogens is 3. The zero-order valence-corrected chi connectivity index (χ0v) is 18.0. The summed E-state index contributed by atoms with van der Waals surface area (Å²) >= 11 is 0. The van der Waals surface area contributed by atoms with Gasteiger partial charge in [-0.3, -0.25) is 9.20 Å². The number of aromatic nitrogens is 3. The number of alkyl halides is 3. The first kappa shape index (κ1) is 21.5. The maximum Gasteiger partial charge on any atom is 0.417 e.